The van der Waals surface area contributed by atoms with Gasteiger partial charge < -0.3 is 10.5 Å². The van der Waals surface area contributed by atoms with E-state index in [1.807, 2.05) is 0 Å². The Labute approximate surface area is 90.7 Å². The fraction of sp³-hybridized carbons (Fsp3) is 0.583. The molecule has 0 unspecified atom stereocenters. The van der Waals surface area contributed by atoms with Crippen LogP contribution in [0.1, 0.15) is 36.9 Å². The van der Waals surface area contributed by atoms with E-state index in [0.29, 0.717) is 5.92 Å². The van der Waals surface area contributed by atoms with Crippen LogP contribution in [0.25, 0.3) is 0 Å². The maximum atomic E-state index is 5.75. The molecular weight excluding hydrogens is 188 g/mol. The second-order valence-electron chi connectivity index (χ2n) is 4.05. The Morgan fingerprint density at radius 3 is 2.87 bits per heavy atom. The van der Waals surface area contributed by atoms with Crippen molar-refractivity contribution in [1.82, 2.24) is 4.98 Å². The lowest BCUT2D eigenvalue weighted by atomic mass is 9.92. The van der Waals surface area contributed by atoms with Crippen LogP contribution < -0.4 is 5.73 Å². The van der Waals surface area contributed by atoms with Crippen LogP contribution in [-0.2, 0) is 11.2 Å². The minimum absolute atomic E-state index is 0.564. The van der Waals surface area contributed by atoms with E-state index in [9.17, 15) is 0 Å². The van der Waals surface area contributed by atoms with Crippen molar-refractivity contribution in [1.29, 1.82) is 0 Å². The molecule has 82 valence electrons. The average molecular weight is 206 g/mol. The summed E-state index contributed by atoms with van der Waals surface area (Å²) in [6.45, 7) is 3.87. The monoisotopic (exact) mass is 206 g/mol. The van der Waals surface area contributed by atoms with Gasteiger partial charge in [0.2, 0.25) is 0 Å². The van der Waals surface area contributed by atoms with Crippen LogP contribution in [0, 0.1) is 0 Å². The van der Waals surface area contributed by atoms with Gasteiger partial charge in [0, 0.05) is 24.8 Å². The summed E-state index contributed by atoms with van der Waals surface area (Å²) in [4.78, 5) is 4.49. The van der Waals surface area contributed by atoms with Gasteiger partial charge in [0.25, 0.3) is 0 Å². The van der Waals surface area contributed by atoms with Crippen molar-refractivity contribution in [2.24, 2.45) is 0 Å². The van der Waals surface area contributed by atoms with E-state index >= 15 is 0 Å². The Bertz CT molecular complexity index is 332. The Balaban J connectivity index is 2.25. The Morgan fingerprint density at radius 2 is 2.20 bits per heavy atom. The molecule has 3 nitrogen and oxygen atoms in total. The lowest BCUT2D eigenvalue weighted by Crippen LogP contribution is -2.16. The highest BCUT2D eigenvalue weighted by Crippen LogP contribution is 2.28. The standard InChI is InChI=1S/C12H18N2O/c1-2-9-7-11(13)8-14-12(9)10-3-5-15-6-4-10/h7-8,10H,2-6,13H2,1H3. The molecule has 15 heavy (non-hydrogen) atoms. The number of aryl methyl sites for hydroxylation is 1. The largest absolute Gasteiger partial charge is 0.397 e. The van der Waals surface area contributed by atoms with Crippen molar-refractivity contribution >= 4 is 5.69 Å². The zero-order valence-electron chi connectivity index (χ0n) is 9.20. The lowest BCUT2D eigenvalue weighted by Gasteiger charge is -2.23. The number of nitrogens with two attached hydrogens (primary N) is 1. The lowest BCUT2D eigenvalue weighted by molar-refractivity contribution is 0.0843. The number of nitrogens with zero attached hydrogens (tertiary/aromatic N) is 1. The second kappa shape index (κ2) is 4.62. The van der Waals surface area contributed by atoms with Gasteiger partial charge in [0.15, 0.2) is 0 Å². The highest BCUT2D eigenvalue weighted by molar-refractivity contribution is 5.41. The first-order valence-electron chi connectivity index (χ1n) is 5.63. The summed E-state index contributed by atoms with van der Waals surface area (Å²) in [5, 5.41) is 0. The van der Waals surface area contributed by atoms with Crippen molar-refractivity contribution in [3.63, 3.8) is 0 Å². The van der Waals surface area contributed by atoms with Gasteiger partial charge in [-0.15, -0.1) is 0 Å². The number of hydrogen-bond acceptors (Lipinski definition) is 3. The van der Waals surface area contributed by atoms with Crippen LogP contribution in [-0.4, -0.2) is 18.2 Å². The van der Waals surface area contributed by atoms with Crippen molar-refractivity contribution in [3.05, 3.63) is 23.5 Å². The molecule has 1 aliphatic heterocycles. The van der Waals surface area contributed by atoms with Crippen molar-refractivity contribution in [2.75, 3.05) is 18.9 Å². The van der Waals surface area contributed by atoms with E-state index in [4.69, 9.17) is 10.5 Å². The first-order valence-corrected chi connectivity index (χ1v) is 5.63. The molecule has 1 saturated heterocycles. The molecule has 0 atom stereocenters. The van der Waals surface area contributed by atoms with Gasteiger partial charge in [0.05, 0.1) is 11.9 Å². The molecule has 2 N–H and O–H groups in total. The van der Waals surface area contributed by atoms with Crippen molar-refractivity contribution in [3.8, 4) is 0 Å². The van der Waals surface area contributed by atoms with Crippen LogP contribution in [0.15, 0.2) is 12.3 Å². The van der Waals surface area contributed by atoms with Gasteiger partial charge in [-0.25, -0.2) is 0 Å². The zero-order chi connectivity index (χ0) is 10.7. The van der Waals surface area contributed by atoms with E-state index in [1.54, 1.807) is 6.20 Å². The van der Waals surface area contributed by atoms with Gasteiger partial charge in [0.1, 0.15) is 0 Å². The van der Waals surface area contributed by atoms with Gasteiger partial charge in [-0.3, -0.25) is 4.98 Å². The van der Waals surface area contributed by atoms with E-state index < -0.39 is 0 Å². The third-order valence-electron chi connectivity index (χ3n) is 3.01. The highest BCUT2D eigenvalue weighted by Gasteiger charge is 2.19. The molecule has 0 spiro atoms. The molecule has 0 radical (unpaired) electrons. The number of nitrogen functional groups attached to an aromatic ring is 1. The molecule has 2 heterocycles. The summed E-state index contributed by atoms with van der Waals surface area (Å²) in [7, 11) is 0. The van der Waals surface area contributed by atoms with Gasteiger partial charge in [-0.05, 0) is 30.9 Å². The molecular formula is C12H18N2O. The fourth-order valence-corrected chi connectivity index (χ4v) is 2.16. The minimum atomic E-state index is 0.564. The SMILES string of the molecule is CCc1cc(N)cnc1C1CCOCC1. The molecule has 1 fully saturated rings. The molecule has 1 aromatic heterocycles. The number of aromatic nitrogens is 1. The molecule has 0 saturated carbocycles. The summed E-state index contributed by atoms with van der Waals surface area (Å²) < 4.78 is 5.37. The Hall–Kier alpha value is -1.09. The number of rotatable bonds is 2. The maximum Gasteiger partial charge on any atom is 0.0503 e. The Kier molecular flexibility index (Phi) is 3.21. The number of anilines is 1. The molecule has 3 heteroatoms. The van der Waals surface area contributed by atoms with Gasteiger partial charge >= 0.3 is 0 Å². The van der Waals surface area contributed by atoms with Crippen molar-refractivity contribution in [2.45, 2.75) is 32.1 Å². The van der Waals surface area contributed by atoms with Crippen LogP contribution >= 0.6 is 0 Å². The van der Waals surface area contributed by atoms with Crippen LogP contribution in [0.4, 0.5) is 5.69 Å². The van der Waals surface area contributed by atoms with Crippen LogP contribution in [0.2, 0.25) is 0 Å². The summed E-state index contributed by atoms with van der Waals surface area (Å²) in [6.07, 6.45) is 4.95. The quantitative estimate of drug-likeness (QED) is 0.806. The topological polar surface area (TPSA) is 48.1 Å². The third-order valence-corrected chi connectivity index (χ3v) is 3.01. The van der Waals surface area contributed by atoms with E-state index in [1.165, 1.54) is 11.3 Å². The molecule has 0 aromatic carbocycles. The second-order valence-corrected chi connectivity index (χ2v) is 4.05. The summed E-state index contributed by atoms with van der Waals surface area (Å²) in [5.74, 6) is 0.564. The number of pyridine rings is 1. The number of ether oxygens (including phenoxy) is 1. The van der Waals surface area contributed by atoms with Gasteiger partial charge in [-0.1, -0.05) is 6.92 Å². The summed E-state index contributed by atoms with van der Waals surface area (Å²) >= 11 is 0. The molecule has 1 aliphatic rings. The molecule has 1 aromatic rings. The molecule has 0 aliphatic carbocycles. The third kappa shape index (κ3) is 2.29. The summed E-state index contributed by atoms with van der Waals surface area (Å²) in [5.41, 5.74) is 9.04. The van der Waals surface area contributed by atoms with Gasteiger partial charge in [-0.2, -0.15) is 0 Å². The Morgan fingerprint density at radius 1 is 1.47 bits per heavy atom. The first-order chi connectivity index (χ1) is 7.31. The fourth-order valence-electron chi connectivity index (χ4n) is 2.16. The minimum Gasteiger partial charge on any atom is -0.397 e. The average Bonchev–Trinajstić information content (AvgIpc) is 2.30. The smallest absolute Gasteiger partial charge is 0.0503 e. The summed E-state index contributed by atoms with van der Waals surface area (Å²) in [6, 6.07) is 2.05. The molecule has 2 rings (SSSR count). The van der Waals surface area contributed by atoms with E-state index in [2.05, 4.69) is 18.0 Å². The zero-order valence-corrected chi connectivity index (χ0v) is 9.20. The molecule has 0 bridgehead atoms. The van der Waals surface area contributed by atoms with E-state index in [0.717, 1.165) is 38.2 Å². The number of hydrogen-bond donors (Lipinski definition) is 1. The predicted octanol–water partition coefficient (Wildman–Crippen LogP) is 2.12. The van der Waals surface area contributed by atoms with Crippen molar-refractivity contribution < 1.29 is 4.74 Å². The van der Waals surface area contributed by atoms with E-state index in [-0.39, 0.29) is 0 Å². The van der Waals surface area contributed by atoms with Crippen LogP contribution in [0.5, 0.6) is 0 Å². The molecule has 0 amide bonds. The highest BCUT2D eigenvalue weighted by atomic mass is 16.5. The predicted molar refractivity (Wildman–Crippen MR) is 60.8 cm³/mol. The normalized spacial score (nSPS) is 17.9. The maximum absolute atomic E-state index is 5.75. The van der Waals surface area contributed by atoms with Crippen LogP contribution in [0.3, 0.4) is 0 Å². The first kappa shape index (κ1) is 10.4.